The zero-order valence-corrected chi connectivity index (χ0v) is 17.7. The maximum Gasteiger partial charge on any atom is 0.0459 e. The minimum atomic E-state index is 0.860. The van der Waals surface area contributed by atoms with Crippen molar-refractivity contribution in [3.63, 3.8) is 0 Å². The molecule has 0 saturated heterocycles. The molecule has 0 radical (unpaired) electrons. The summed E-state index contributed by atoms with van der Waals surface area (Å²) in [5.74, 6) is 2.65. The molecular weight excluding hydrogens is 405 g/mol. The zero-order valence-electron chi connectivity index (χ0n) is 15.5. The maximum absolute atomic E-state index is 3.66. The lowest BCUT2D eigenvalue weighted by atomic mass is 9.82. The first-order chi connectivity index (χ1) is 11.5. The van der Waals surface area contributed by atoms with Crippen LogP contribution in [0, 0.1) is 21.3 Å². The molecule has 0 fully saturated rings. The molecule has 2 heteroatoms. The highest BCUT2D eigenvalue weighted by Crippen LogP contribution is 2.35. The second kappa shape index (κ2) is 8.25. The quantitative estimate of drug-likeness (QED) is 0.444. The zero-order chi connectivity index (χ0) is 17.1. The van der Waals surface area contributed by atoms with Gasteiger partial charge in [0.05, 0.1) is 0 Å². The van der Waals surface area contributed by atoms with Gasteiger partial charge in [-0.3, -0.25) is 0 Å². The van der Waals surface area contributed by atoms with Gasteiger partial charge in [-0.25, -0.2) is 0 Å². The molecular formula is C22H32IN. The molecule has 1 heterocycles. The molecule has 0 saturated carbocycles. The van der Waals surface area contributed by atoms with Gasteiger partial charge in [-0.2, -0.15) is 0 Å². The Morgan fingerprint density at radius 1 is 1.17 bits per heavy atom. The number of halogens is 1. The van der Waals surface area contributed by atoms with Crippen LogP contribution in [0.3, 0.4) is 0 Å². The van der Waals surface area contributed by atoms with Crippen molar-refractivity contribution in [3.8, 4) is 0 Å². The van der Waals surface area contributed by atoms with Gasteiger partial charge < -0.3 is 4.98 Å². The topological polar surface area (TPSA) is 15.8 Å². The third-order valence-electron chi connectivity index (χ3n) is 5.80. The minimum Gasteiger partial charge on any atom is -0.358 e. The summed E-state index contributed by atoms with van der Waals surface area (Å²) >= 11 is 2.43. The van der Waals surface area contributed by atoms with Crippen molar-refractivity contribution in [3.05, 3.63) is 33.0 Å². The predicted molar refractivity (Wildman–Crippen MR) is 114 cm³/mol. The van der Waals surface area contributed by atoms with E-state index in [9.17, 15) is 0 Å². The Balaban J connectivity index is 1.55. The van der Waals surface area contributed by atoms with Crippen LogP contribution in [0.25, 0.3) is 10.9 Å². The fourth-order valence-corrected chi connectivity index (χ4v) is 4.74. The lowest BCUT2D eigenvalue weighted by molar-refractivity contribution is 0.354. The van der Waals surface area contributed by atoms with Crippen LogP contribution < -0.4 is 0 Å². The largest absolute Gasteiger partial charge is 0.358 e. The minimum absolute atomic E-state index is 0.860. The molecule has 24 heavy (non-hydrogen) atoms. The molecule has 0 amide bonds. The predicted octanol–water partition coefficient (Wildman–Crippen LogP) is 7.12. The third-order valence-corrected chi connectivity index (χ3v) is 6.47. The first-order valence-corrected chi connectivity index (χ1v) is 10.9. The van der Waals surface area contributed by atoms with Crippen LogP contribution in [0.15, 0.2) is 18.2 Å². The van der Waals surface area contributed by atoms with Crippen molar-refractivity contribution in [2.75, 3.05) is 0 Å². The van der Waals surface area contributed by atoms with Crippen LogP contribution in [-0.2, 0) is 12.8 Å². The van der Waals surface area contributed by atoms with Gasteiger partial charge in [0.15, 0.2) is 0 Å². The summed E-state index contributed by atoms with van der Waals surface area (Å²) in [6, 6.07) is 6.82. The van der Waals surface area contributed by atoms with Crippen molar-refractivity contribution < 1.29 is 0 Å². The molecule has 0 spiro atoms. The summed E-state index contributed by atoms with van der Waals surface area (Å²) in [4.78, 5) is 3.66. The van der Waals surface area contributed by atoms with Gasteiger partial charge in [-0.05, 0) is 89.8 Å². The molecule has 3 rings (SSSR count). The molecule has 1 aromatic heterocycles. The number of aromatic nitrogens is 1. The standard InChI is InChI=1S/C22H32IN/c1-15(2)5-4-6-16(3)7-8-17-9-11-21-19(13-17)20-14-18(23)10-12-22(20)24-21/h10,12,14-17,24H,4-9,11,13H2,1-3H3. The number of rotatable bonds is 7. The van der Waals surface area contributed by atoms with E-state index in [0.29, 0.717) is 0 Å². The highest BCUT2D eigenvalue weighted by molar-refractivity contribution is 14.1. The third kappa shape index (κ3) is 4.56. The van der Waals surface area contributed by atoms with Gasteiger partial charge in [0.25, 0.3) is 0 Å². The number of H-pyrrole nitrogens is 1. The molecule has 1 aliphatic carbocycles. The fourth-order valence-electron chi connectivity index (χ4n) is 4.25. The van der Waals surface area contributed by atoms with E-state index in [2.05, 4.69) is 66.5 Å². The number of hydrogen-bond acceptors (Lipinski definition) is 0. The lowest BCUT2D eigenvalue weighted by Crippen LogP contribution is -2.14. The van der Waals surface area contributed by atoms with Crippen LogP contribution >= 0.6 is 22.6 Å². The van der Waals surface area contributed by atoms with Gasteiger partial charge in [0.2, 0.25) is 0 Å². The van der Waals surface area contributed by atoms with Gasteiger partial charge in [-0.15, -0.1) is 0 Å². The monoisotopic (exact) mass is 437 g/mol. The van der Waals surface area contributed by atoms with E-state index in [1.807, 2.05) is 0 Å². The summed E-state index contributed by atoms with van der Waals surface area (Å²) in [6.07, 6.45) is 11.0. The molecule has 132 valence electrons. The molecule has 1 aliphatic rings. The summed E-state index contributed by atoms with van der Waals surface area (Å²) in [7, 11) is 0. The SMILES string of the molecule is CC(C)CCCC(C)CCC1CCc2[nH]c3ccc(I)cc3c2C1. The lowest BCUT2D eigenvalue weighted by Gasteiger charge is -2.24. The fraction of sp³-hybridized carbons (Fsp3) is 0.636. The molecule has 1 nitrogen and oxygen atoms in total. The first kappa shape index (κ1) is 18.3. The van der Waals surface area contributed by atoms with Crippen molar-refractivity contribution >= 4 is 33.5 Å². The van der Waals surface area contributed by atoms with E-state index < -0.39 is 0 Å². The van der Waals surface area contributed by atoms with Crippen molar-refractivity contribution in [2.24, 2.45) is 17.8 Å². The average Bonchev–Trinajstić information content (AvgIpc) is 2.90. The number of nitrogens with one attached hydrogen (secondary N) is 1. The summed E-state index contributed by atoms with van der Waals surface area (Å²) < 4.78 is 1.35. The van der Waals surface area contributed by atoms with Crippen LogP contribution in [0.1, 0.15) is 70.6 Å². The summed E-state index contributed by atoms with van der Waals surface area (Å²) in [5, 5.41) is 1.48. The van der Waals surface area contributed by atoms with Gasteiger partial charge in [0.1, 0.15) is 0 Å². The molecule has 2 atom stereocenters. The Morgan fingerprint density at radius 3 is 2.79 bits per heavy atom. The Morgan fingerprint density at radius 2 is 2.00 bits per heavy atom. The Kier molecular flexibility index (Phi) is 6.28. The van der Waals surface area contributed by atoms with Crippen LogP contribution in [0.4, 0.5) is 0 Å². The molecule has 2 aromatic rings. The van der Waals surface area contributed by atoms with Crippen LogP contribution in [0.2, 0.25) is 0 Å². The molecule has 2 unspecified atom stereocenters. The molecule has 0 bridgehead atoms. The highest BCUT2D eigenvalue weighted by Gasteiger charge is 2.22. The van der Waals surface area contributed by atoms with E-state index in [1.54, 1.807) is 5.56 Å². The summed E-state index contributed by atoms with van der Waals surface area (Å²) in [6.45, 7) is 7.14. The Labute approximate surface area is 161 Å². The molecule has 0 aliphatic heterocycles. The number of aryl methyl sites for hydroxylation is 1. The number of aromatic amines is 1. The average molecular weight is 437 g/mol. The van der Waals surface area contributed by atoms with Crippen molar-refractivity contribution in [1.29, 1.82) is 0 Å². The second-order valence-electron chi connectivity index (χ2n) is 8.39. The normalized spacial score (nSPS) is 19.0. The Hall–Kier alpha value is -0.510. The number of fused-ring (bicyclic) bond motifs is 3. The van der Waals surface area contributed by atoms with Crippen molar-refractivity contribution in [2.45, 2.75) is 72.1 Å². The van der Waals surface area contributed by atoms with Crippen molar-refractivity contribution in [1.82, 2.24) is 4.98 Å². The van der Waals surface area contributed by atoms with E-state index in [0.717, 1.165) is 17.8 Å². The van der Waals surface area contributed by atoms with E-state index >= 15 is 0 Å². The number of benzene rings is 1. The first-order valence-electron chi connectivity index (χ1n) is 9.82. The van der Waals surface area contributed by atoms with Gasteiger partial charge >= 0.3 is 0 Å². The van der Waals surface area contributed by atoms with Crippen LogP contribution in [-0.4, -0.2) is 4.98 Å². The van der Waals surface area contributed by atoms with E-state index in [1.165, 1.54) is 71.5 Å². The molecule has 1 N–H and O–H groups in total. The number of hydrogen-bond donors (Lipinski definition) is 1. The van der Waals surface area contributed by atoms with E-state index in [-0.39, 0.29) is 0 Å². The second-order valence-corrected chi connectivity index (χ2v) is 9.63. The van der Waals surface area contributed by atoms with Crippen LogP contribution in [0.5, 0.6) is 0 Å². The molecule has 1 aromatic carbocycles. The Bertz CT molecular complexity index is 670. The highest BCUT2D eigenvalue weighted by atomic mass is 127. The summed E-state index contributed by atoms with van der Waals surface area (Å²) in [5.41, 5.74) is 4.46. The van der Waals surface area contributed by atoms with Gasteiger partial charge in [-0.1, -0.05) is 46.5 Å². The smallest absolute Gasteiger partial charge is 0.0459 e. The maximum atomic E-state index is 3.66. The van der Waals surface area contributed by atoms with Gasteiger partial charge in [0, 0.05) is 20.2 Å². The van der Waals surface area contributed by atoms with E-state index in [4.69, 9.17) is 0 Å².